The third-order valence-corrected chi connectivity index (χ3v) is 2.78. The van der Waals surface area contributed by atoms with Gasteiger partial charge in [-0.25, -0.2) is 0 Å². The molecule has 0 aliphatic rings. The van der Waals surface area contributed by atoms with Gasteiger partial charge >= 0.3 is 0 Å². The molecule has 0 aliphatic carbocycles. The smallest absolute Gasteiger partial charge is 0.286 e. The van der Waals surface area contributed by atoms with Crippen molar-refractivity contribution in [1.82, 2.24) is 15.4 Å². The third-order valence-electron chi connectivity index (χ3n) is 1.80. The first kappa shape index (κ1) is 13.1. The van der Waals surface area contributed by atoms with Crippen molar-refractivity contribution in [2.24, 2.45) is 7.05 Å². The minimum atomic E-state index is -0.345. The van der Waals surface area contributed by atoms with E-state index in [1.165, 1.54) is 11.8 Å². The van der Waals surface area contributed by atoms with Crippen LogP contribution in [-0.4, -0.2) is 28.4 Å². The van der Waals surface area contributed by atoms with E-state index in [1.54, 1.807) is 23.9 Å². The fourth-order valence-electron chi connectivity index (χ4n) is 1.11. The van der Waals surface area contributed by atoms with Crippen LogP contribution >= 0.6 is 27.7 Å². The van der Waals surface area contributed by atoms with E-state index in [9.17, 15) is 9.59 Å². The maximum absolute atomic E-state index is 11.6. The first-order chi connectivity index (χ1) is 7.54. The van der Waals surface area contributed by atoms with E-state index in [4.69, 9.17) is 0 Å². The van der Waals surface area contributed by atoms with Crippen molar-refractivity contribution in [2.75, 3.05) is 12.0 Å². The summed E-state index contributed by atoms with van der Waals surface area (Å²) in [6.07, 6.45) is 3.58. The Morgan fingerprint density at radius 1 is 1.50 bits per heavy atom. The summed E-state index contributed by atoms with van der Waals surface area (Å²) < 4.78 is 2.48. The number of aryl methyl sites for hydroxylation is 1. The number of carbonyl (C=O) groups excluding carboxylic acids is 2. The first-order valence-corrected chi connectivity index (χ1v) is 6.63. The summed E-state index contributed by atoms with van der Waals surface area (Å²) in [5, 5.41) is 0. The van der Waals surface area contributed by atoms with E-state index < -0.39 is 0 Å². The molecule has 5 nitrogen and oxygen atoms in total. The van der Waals surface area contributed by atoms with Crippen molar-refractivity contribution in [3.63, 3.8) is 0 Å². The quantitative estimate of drug-likeness (QED) is 0.816. The molecule has 2 amide bonds. The second kappa shape index (κ2) is 5.95. The lowest BCUT2D eigenvalue weighted by atomic mass is 10.4. The number of amides is 2. The highest BCUT2D eigenvalue weighted by Crippen LogP contribution is 2.13. The highest BCUT2D eigenvalue weighted by Gasteiger charge is 2.11. The number of hydrazine groups is 1. The van der Waals surface area contributed by atoms with Crippen LogP contribution in [0.15, 0.2) is 16.7 Å². The van der Waals surface area contributed by atoms with E-state index >= 15 is 0 Å². The lowest BCUT2D eigenvalue weighted by Gasteiger charge is -2.06. The average molecular weight is 306 g/mol. The van der Waals surface area contributed by atoms with Gasteiger partial charge < -0.3 is 4.57 Å². The van der Waals surface area contributed by atoms with Crippen LogP contribution in [0.5, 0.6) is 0 Å². The maximum atomic E-state index is 11.6. The van der Waals surface area contributed by atoms with Crippen LogP contribution in [0, 0.1) is 0 Å². The van der Waals surface area contributed by atoms with Crippen molar-refractivity contribution in [3.8, 4) is 0 Å². The monoisotopic (exact) mass is 305 g/mol. The normalized spacial score (nSPS) is 9.94. The second-order valence-corrected chi connectivity index (χ2v) is 4.87. The summed E-state index contributed by atoms with van der Waals surface area (Å²) in [4.78, 5) is 22.7. The molecule has 1 aromatic heterocycles. The van der Waals surface area contributed by atoms with Gasteiger partial charge in [0.1, 0.15) is 5.69 Å². The van der Waals surface area contributed by atoms with Crippen molar-refractivity contribution in [1.29, 1.82) is 0 Å². The van der Waals surface area contributed by atoms with E-state index in [-0.39, 0.29) is 11.8 Å². The number of carbonyl (C=O) groups is 2. The Morgan fingerprint density at radius 2 is 2.19 bits per heavy atom. The Bertz CT molecular complexity index is 405. The Kier molecular flexibility index (Phi) is 4.88. The molecule has 16 heavy (non-hydrogen) atoms. The zero-order valence-electron chi connectivity index (χ0n) is 8.91. The fraction of sp³-hybridized carbons (Fsp3) is 0.333. The Labute approximate surface area is 106 Å². The number of nitrogens with one attached hydrogen (secondary N) is 2. The number of hydrogen-bond acceptors (Lipinski definition) is 3. The van der Waals surface area contributed by atoms with Gasteiger partial charge in [0, 0.05) is 17.7 Å². The molecule has 0 bridgehead atoms. The topological polar surface area (TPSA) is 63.1 Å². The van der Waals surface area contributed by atoms with Crippen LogP contribution in [0.1, 0.15) is 10.5 Å². The van der Waals surface area contributed by atoms with Gasteiger partial charge in [0.25, 0.3) is 5.91 Å². The van der Waals surface area contributed by atoms with Crippen molar-refractivity contribution in [2.45, 2.75) is 0 Å². The zero-order valence-corrected chi connectivity index (χ0v) is 11.3. The van der Waals surface area contributed by atoms with Gasteiger partial charge in [0.2, 0.25) is 5.91 Å². The highest BCUT2D eigenvalue weighted by atomic mass is 79.9. The summed E-state index contributed by atoms with van der Waals surface area (Å²) in [6, 6.07) is 1.68. The molecule has 0 fully saturated rings. The van der Waals surface area contributed by atoms with Crippen LogP contribution in [0.25, 0.3) is 0 Å². The molecule has 0 saturated carbocycles. The van der Waals surface area contributed by atoms with Gasteiger partial charge in [-0.15, -0.1) is 0 Å². The van der Waals surface area contributed by atoms with E-state index in [1.807, 2.05) is 6.26 Å². The van der Waals surface area contributed by atoms with E-state index in [0.717, 1.165) is 4.47 Å². The molecule has 1 heterocycles. The predicted octanol–water partition coefficient (Wildman–Crippen LogP) is 0.912. The number of rotatable bonds is 3. The Morgan fingerprint density at radius 3 is 2.69 bits per heavy atom. The standard InChI is InChI=1S/C9H12BrN3O2S/c1-13-4-6(10)3-7(13)9(15)12-11-8(14)5-16-2/h3-4H,5H2,1-2H3,(H,11,14)(H,12,15). The molecule has 0 atom stereocenters. The van der Waals surface area contributed by atoms with Crippen LogP contribution < -0.4 is 10.9 Å². The fourth-order valence-corrected chi connectivity index (χ4v) is 1.97. The maximum Gasteiger partial charge on any atom is 0.286 e. The van der Waals surface area contributed by atoms with Crippen LogP contribution in [0.2, 0.25) is 0 Å². The predicted molar refractivity (Wildman–Crippen MR) is 67.1 cm³/mol. The summed E-state index contributed by atoms with van der Waals surface area (Å²) in [5.41, 5.74) is 5.14. The number of hydrogen-bond donors (Lipinski definition) is 2. The molecule has 0 aromatic carbocycles. The molecule has 1 rings (SSSR count). The molecule has 0 spiro atoms. The Balaban J connectivity index is 2.53. The molecular formula is C9H12BrN3O2S. The molecule has 0 aliphatic heterocycles. The molecule has 0 radical (unpaired) electrons. The van der Waals surface area contributed by atoms with Gasteiger partial charge in [-0.3, -0.25) is 20.4 Å². The zero-order chi connectivity index (χ0) is 12.1. The molecule has 0 saturated heterocycles. The molecule has 1 aromatic rings. The van der Waals surface area contributed by atoms with Crippen molar-refractivity contribution < 1.29 is 9.59 Å². The summed E-state index contributed by atoms with van der Waals surface area (Å²) in [7, 11) is 1.75. The minimum absolute atomic E-state index is 0.228. The lowest BCUT2D eigenvalue weighted by Crippen LogP contribution is -2.43. The summed E-state index contributed by atoms with van der Waals surface area (Å²) in [5.74, 6) is -0.256. The number of thioether (sulfide) groups is 1. The number of halogens is 1. The van der Waals surface area contributed by atoms with Gasteiger partial charge in [0.05, 0.1) is 5.75 Å². The number of aromatic nitrogens is 1. The molecule has 0 unspecified atom stereocenters. The van der Waals surface area contributed by atoms with Crippen LogP contribution in [0.4, 0.5) is 0 Å². The molecule has 88 valence electrons. The SMILES string of the molecule is CSCC(=O)NNC(=O)c1cc(Br)cn1C. The molecule has 7 heteroatoms. The van der Waals surface area contributed by atoms with Gasteiger partial charge in [-0.1, -0.05) is 0 Å². The van der Waals surface area contributed by atoms with Crippen LogP contribution in [0.3, 0.4) is 0 Å². The van der Waals surface area contributed by atoms with E-state index in [2.05, 4.69) is 26.8 Å². The molecular weight excluding hydrogens is 294 g/mol. The summed E-state index contributed by atoms with van der Waals surface area (Å²) >= 11 is 4.65. The highest BCUT2D eigenvalue weighted by molar-refractivity contribution is 9.10. The average Bonchev–Trinajstić information content (AvgIpc) is 2.55. The van der Waals surface area contributed by atoms with Gasteiger partial charge in [-0.05, 0) is 28.3 Å². The van der Waals surface area contributed by atoms with Crippen molar-refractivity contribution in [3.05, 3.63) is 22.4 Å². The lowest BCUT2D eigenvalue weighted by molar-refractivity contribution is -0.119. The second-order valence-electron chi connectivity index (χ2n) is 3.09. The number of nitrogens with zero attached hydrogens (tertiary/aromatic N) is 1. The minimum Gasteiger partial charge on any atom is -0.345 e. The van der Waals surface area contributed by atoms with Crippen molar-refractivity contribution >= 4 is 39.5 Å². The van der Waals surface area contributed by atoms with E-state index in [0.29, 0.717) is 11.4 Å². The van der Waals surface area contributed by atoms with Gasteiger partial charge in [0.15, 0.2) is 0 Å². The van der Waals surface area contributed by atoms with Gasteiger partial charge in [-0.2, -0.15) is 11.8 Å². The Hall–Kier alpha value is -0.950. The molecule has 2 N–H and O–H groups in total. The largest absolute Gasteiger partial charge is 0.345 e. The first-order valence-electron chi connectivity index (χ1n) is 4.44. The third kappa shape index (κ3) is 3.57. The summed E-state index contributed by atoms with van der Waals surface area (Å²) in [6.45, 7) is 0. The van der Waals surface area contributed by atoms with Crippen LogP contribution in [-0.2, 0) is 11.8 Å².